The Bertz CT molecular complexity index is 588. The van der Waals surface area contributed by atoms with E-state index in [-0.39, 0.29) is 5.69 Å². The number of hydrogen-bond acceptors (Lipinski definition) is 5. The molecular formula is C13H11F2NO4. The zero-order valence-corrected chi connectivity index (χ0v) is 10.7. The number of anilines is 1. The van der Waals surface area contributed by atoms with Gasteiger partial charge in [0.05, 0.1) is 5.69 Å². The normalized spacial score (nSPS) is 17.3. The average Bonchev–Trinajstić information content (AvgIpc) is 2.31. The standard InChI is InChI=1S/C13H11F2NO4/c1-13(2)19-11(17)7(12(18)20-13)6-16-9-5-3-4-8(14)10(9)15/h3-6,16H,1-2H3. The fourth-order valence-electron chi connectivity index (χ4n) is 1.54. The second kappa shape index (κ2) is 4.92. The largest absolute Gasteiger partial charge is 0.419 e. The van der Waals surface area contributed by atoms with Crippen molar-refractivity contribution in [2.24, 2.45) is 0 Å². The molecule has 20 heavy (non-hydrogen) atoms. The van der Waals surface area contributed by atoms with Crippen LogP contribution in [0.25, 0.3) is 0 Å². The number of benzene rings is 1. The number of halogens is 2. The number of carbonyl (C=O) groups excluding carboxylic acids is 2. The van der Waals surface area contributed by atoms with Crippen LogP contribution in [0.5, 0.6) is 0 Å². The molecule has 1 aliphatic heterocycles. The molecule has 1 fully saturated rings. The van der Waals surface area contributed by atoms with Gasteiger partial charge >= 0.3 is 11.9 Å². The molecule has 5 nitrogen and oxygen atoms in total. The Balaban J connectivity index is 2.22. The van der Waals surface area contributed by atoms with Crippen LogP contribution in [0.4, 0.5) is 14.5 Å². The van der Waals surface area contributed by atoms with E-state index in [2.05, 4.69) is 5.32 Å². The van der Waals surface area contributed by atoms with Crippen molar-refractivity contribution in [3.05, 3.63) is 41.6 Å². The summed E-state index contributed by atoms with van der Waals surface area (Å²) in [6, 6.07) is 3.47. The van der Waals surface area contributed by atoms with Crippen LogP contribution < -0.4 is 5.32 Å². The predicted octanol–water partition coefficient (Wildman–Crippen LogP) is 2.10. The van der Waals surface area contributed by atoms with Crippen LogP contribution >= 0.6 is 0 Å². The van der Waals surface area contributed by atoms with Crippen LogP contribution in [0.2, 0.25) is 0 Å². The van der Waals surface area contributed by atoms with Gasteiger partial charge in [0, 0.05) is 20.0 Å². The Hall–Kier alpha value is -2.44. The number of hydrogen-bond donors (Lipinski definition) is 1. The molecule has 2 rings (SSSR count). The lowest BCUT2D eigenvalue weighted by atomic mass is 10.2. The van der Waals surface area contributed by atoms with Crippen LogP contribution in [0.15, 0.2) is 30.0 Å². The van der Waals surface area contributed by atoms with E-state index in [0.29, 0.717) is 0 Å². The Morgan fingerprint density at radius 3 is 2.35 bits per heavy atom. The van der Waals surface area contributed by atoms with Gasteiger partial charge in [-0.15, -0.1) is 0 Å². The Kier molecular flexibility index (Phi) is 3.44. The zero-order chi connectivity index (χ0) is 14.9. The summed E-state index contributed by atoms with van der Waals surface area (Å²) in [7, 11) is 0. The number of rotatable bonds is 2. The van der Waals surface area contributed by atoms with Gasteiger partial charge in [0.15, 0.2) is 17.2 Å². The Morgan fingerprint density at radius 1 is 1.15 bits per heavy atom. The first-order valence-electron chi connectivity index (χ1n) is 5.67. The SMILES string of the molecule is CC1(C)OC(=O)C(=CNc2cccc(F)c2F)C(=O)O1. The van der Waals surface area contributed by atoms with Crippen LogP contribution in [0, 0.1) is 11.6 Å². The molecule has 0 atom stereocenters. The number of carbonyl (C=O) groups is 2. The first-order valence-corrected chi connectivity index (χ1v) is 5.67. The summed E-state index contributed by atoms with van der Waals surface area (Å²) in [5, 5.41) is 2.33. The monoisotopic (exact) mass is 283 g/mol. The fraction of sp³-hybridized carbons (Fsp3) is 0.231. The van der Waals surface area contributed by atoms with Crippen LogP contribution in [-0.2, 0) is 19.1 Å². The van der Waals surface area contributed by atoms with Crippen molar-refractivity contribution in [3.8, 4) is 0 Å². The van der Waals surface area contributed by atoms with Crippen molar-refractivity contribution in [1.29, 1.82) is 0 Å². The van der Waals surface area contributed by atoms with Crippen molar-refractivity contribution < 1.29 is 27.8 Å². The van der Waals surface area contributed by atoms with E-state index in [1.165, 1.54) is 26.0 Å². The molecule has 0 radical (unpaired) electrons. The maximum atomic E-state index is 13.4. The maximum absolute atomic E-state index is 13.4. The first kappa shape index (κ1) is 14.0. The molecule has 0 amide bonds. The highest BCUT2D eigenvalue weighted by Crippen LogP contribution is 2.23. The van der Waals surface area contributed by atoms with E-state index >= 15 is 0 Å². The summed E-state index contributed by atoms with van der Waals surface area (Å²) < 4.78 is 36.0. The minimum Gasteiger partial charge on any atom is -0.419 e. The topological polar surface area (TPSA) is 64.6 Å². The van der Waals surface area contributed by atoms with Crippen molar-refractivity contribution in [1.82, 2.24) is 0 Å². The van der Waals surface area contributed by atoms with Crippen molar-refractivity contribution >= 4 is 17.6 Å². The second-order valence-electron chi connectivity index (χ2n) is 4.48. The molecule has 0 aliphatic carbocycles. The van der Waals surface area contributed by atoms with E-state index in [1.54, 1.807) is 0 Å². The minimum atomic E-state index is -1.35. The van der Waals surface area contributed by atoms with Gasteiger partial charge in [0.2, 0.25) is 0 Å². The molecular weight excluding hydrogens is 272 g/mol. The number of nitrogens with one attached hydrogen (secondary N) is 1. The number of ether oxygens (including phenoxy) is 2. The average molecular weight is 283 g/mol. The summed E-state index contributed by atoms with van der Waals surface area (Å²) in [5.41, 5.74) is -0.657. The highest BCUT2D eigenvalue weighted by Gasteiger charge is 2.38. The van der Waals surface area contributed by atoms with E-state index in [1.807, 2.05) is 0 Å². The summed E-state index contributed by atoms with van der Waals surface area (Å²) >= 11 is 0. The summed E-state index contributed by atoms with van der Waals surface area (Å²) in [6.07, 6.45) is 0.914. The number of esters is 2. The van der Waals surface area contributed by atoms with Crippen molar-refractivity contribution in [2.45, 2.75) is 19.6 Å². The van der Waals surface area contributed by atoms with Gasteiger partial charge < -0.3 is 14.8 Å². The van der Waals surface area contributed by atoms with Crippen molar-refractivity contribution in [3.63, 3.8) is 0 Å². The minimum absolute atomic E-state index is 0.220. The van der Waals surface area contributed by atoms with E-state index in [4.69, 9.17) is 9.47 Å². The van der Waals surface area contributed by atoms with Gasteiger partial charge in [-0.1, -0.05) is 6.07 Å². The predicted molar refractivity (Wildman–Crippen MR) is 64.3 cm³/mol. The highest BCUT2D eigenvalue weighted by molar-refractivity contribution is 6.15. The third-order valence-electron chi connectivity index (χ3n) is 2.44. The smallest absolute Gasteiger partial charge is 0.350 e. The summed E-state index contributed by atoms with van der Waals surface area (Å²) in [5.74, 6) is -5.34. The molecule has 0 spiro atoms. The summed E-state index contributed by atoms with van der Waals surface area (Å²) in [6.45, 7) is 2.80. The van der Waals surface area contributed by atoms with Gasteiger partial charge in [0.1, 0.15) is 0 Å². The molecule has 1 saturated heterocycles. The van der Waals surface area contributed by atoms with Gasteiger partial charge in [-0.2, -0.15) is 0 Å². The third-order valence-corrected chi connectivity index (χ3v) is 2.44. The molecule has 1 heterocycles. The lowest BCUT2D eigenvalue weighted by Gasteiger charge is -2.29. The van der Waals surface area contributed by atoms with Gasteiger partial charge in [-0.25, -0.2) is 18.4 Å². The van der Waals surface area contributed by atoms with Crippen LogP contribution in [-0.4, -0.2) is 17.7 Å². The van der Waals surface area contributed by atoms with Gasteiger partial charge in [-0.3, -0.25) is 0 Å². The molecule has 7 heteroatoms. The third kappa shape index (κ3) is 2.76. The molecule has 0 saturated carbocycles. The van der Waals surface area contributed by atoms with Crippen LogP contribution in [0.3, 0.4) is 0 Å². The quantitative estimate of drug-likeness (QED) is 0.511. The lowest BCUT2D eigenvalue weighted by Crippen LogP contribution is -2.42. The molecule has 1 aliphatic rings. The second-order valence-corrected chi connectivity index (χ2v) is 4.48. The van der Waals surface area contributed by atoms with E-state index in [9.17, 15) is 18.4 Å². The first-order chi connectivity index (χ1) is 9.30. The van der Waals surface area contributed by atoms with E-state index in [0.717, 1.165) is 12.3 Å². The molecule has 1 aromatic rings. The maximum Gasteiger partial charge on any atom is 0.350 e. The van der Waals surface area contributed by atoms with E-state index < -0.39 is 34.9 Å². The molecule has 106 valence electrons. The lowest BCUT2D eigenvalue weighted by molar-refractivity contribution is -0.222. The van der Waals surface area contributed by atoms with Gasteiger partial charge in [-0.05, 0) is 12.1 Å². The molecule has 1 aromatic carbocycles. The fourth-order valence-corrected chi connectivity index (χ4v) is 1.54. The van der Waals surface area contributed by atoms with Crippen LogP contribution in [0.1, 0.15) is 13.8 Å². The molecule has 0 unspecified atom stereocenters. The number of cyclic esters (lactones) is 2. The Labute approximate surface area is 113 Å². The molecule has 0 bridgehead atoms. The highest BCUT2D eigenvalue weighted by atomic mass is 19.2. The Morgan fingerprint density at radius 2 is 1.75 bits per heavy atom. The molecule has 0 aromatic heterocycles. The molecule has 1 N–H and O–H groups in total. The van der Waals surface area contributed by atoms with Crippen molar-refractivity contribution in [2.75, 3.05) is 5.32 Å². The zero-order valence-electron chi connectivity index (χ0n) is 10.7. The van der Waals surface area contributed by atoms with Gasteiger partial charge in [0.25, 0.3) is 5.79 Å². The summed E-state index contributed by atoms with van der Waals surface area (Å²) in [4.78, 5) is 23.2.